The smallest absolute Gasteiger partial charge is 0.335 e. The van der Waals surface area contributed by atoms with Crippen LogP contribution in [0.3, 0.4) is 0 Å². The second-order valence-corrected chi connectivity index (χ2v) is 7.94. The van der Waals surface area contributed by atoms with Gasteiger partial charge in [0.1, 0.15) is 0 Å². The van der Waals surface area contributed by atoms with Crippen LogP contribution in [-0.2, 0) is 18.8 Å². The van der Waals surface area contributed by atoms with Gasteiger partial charge in [-0.25, -0.2) is 0 Å². The molecule has 2 aromatic carbocycles. The molecule has 1 fully saturated rings. The summed E-state index contributed by atoms with van der Waals surface area (Å²) in [6.45, 7) is 0.0723. The lowest BCUT2D eigenvalue weighted by atomic mass is 9.91. The number of amides is 1. The molecule has 31 heavy (non-hydrogen) atoms. The quantitative estimate of drug-likeness (QED) is 0.524. The molecule has 167 valence electrons. The molecule has 1 radical (unpaired) electrons. The summed E-state index contributed by atoms with van der Waals surface area (Å²) in [4.78, 5) is 14.3. The van der Waals surface area contributed by atoms with Crippen molar-refractivity contribution in [3.05, 3.63) is 69.7 Å². The molecule has 2 aromatic rings. The Balaban J connectivity index is 1.95. The molecule has 0 aliphatic carbocycles. The number of halogens is 7. The van der Waals surface area contributed by atoms with Crippen molar-refractivity contribution in [1.29, 1.82) is 0 Å². The second kappa shape index (κ2) is 8.70. The Morgan fingerprint density at radius 3 is 2.06 bits per heavy atom. The minimum Gasteiger partial charge on any atom is -0.335 e. The molecule has 0 spiro atoms. The molecule has 2 atom stereocenters. The number of nitrogens with zero attached hydrogens (tertiary/aromatic N) is 1. The van der Waals surface area contributed by atoms with E-state index in [2.05, 4.69) is 0 Å². The van der Waals surface area contributed by atoms with Crippen LogP contribution in [0.4, 0.5) is 26.3 Å². The van der Waals surface area contributed by atoms with E-state index in [9.17, 15) is 31.1 Å². The standard InChI is InChI=1S/C21H18ClF6N2O/c22-16-3-1-12(2-4-16)7-18-11-17(29)5-6-30(18)19(31)13-8-14(20(23,24)25)10-15(9-13)21(26,27)28/h1-4,8-10,17-18,29H,5-7,11H2. The van der Waals surface area contributed by atoms with Crippen molar-refractivity contribution < 1.29 is 31.1 Å². The number of carbonyl (C=O) groups excluding carboxylic acids is 1. The number of likely N-dealkylation sites (tertiary alicyclic amines) is 1. The van der Waals surface area contributed by atoms with Gasteiger partial charge in [-0.05, 0) is 55.2 Å². The van der Waals surface area contributed by atoms with Gasteiger partial charge in [0.2, 0.25) is 0 Å². The fourth-order valence-corrected chi connectivity index (χ4v) is 3.77. The summed E-state index contributed by atoms with van der Waals surface area (Å²) in [5.41, 5.74) is 5.07. The van der Waals surface area contributed by atoms with E-state index in [0.717, 1.165) is 5.56 Å². The van der Waals surface area contributed by atoms with E-state index in [0.29, 0.717) is 23.6 Å². The van der Waals surface area contributed by atoms with Crippen LogP contribution in [0.1, 0.15) is 39.9 Å². The van der Waals surface area contributed by atoms with Crippen molar-refractivity contribution >= 4 is 17.5 Å². The topological polar surface area (TPSA) is 44.1 Å². The Labute approximate surface area is 179 Å². The summed E-state index contributed by atoms with van der Waals surface area (Å²) < 4.78 is 79.0. The van der Waals surface area contributed by atoms with Gasteiger partial charge in [0.25, 0.3) is 5.91 Å². The summed E-state index contributed by atoms with van der Waals surface area (Å²) in [5, 5.41) is 0.502. The van der Waals surface area contributed by atoms with Gasteiger partial charge in [-0.1, -0.05) is 23.7 Å². The highest BCUT2D eigenvalue weighted by molar-refractivity contribution is 6.30. The van der Waals surface area contributed by atoms with Gasteiger partial charge in [0.15, 0.2) is 0 Å². The SMILES string of the molecule is [NH]C1CCN(C(=O)c2cc(C(F)(F)F)cc(C(F)(F)F)c2)C(Cc2ccc(Cl)cc2)C1. The molecule has 3 rings (SSSR count). The third kappa shape index (κ3) is 5.71. The van der Waals surface area contributed by atoms with Crippen LogP contribution in [0.25, 0.3) is 0 Å². The molecule has 1 amide bonds. The number of benzene rings is 2. The monoisotopic (exact) mass is 463 g/mol. The Kier molecular flexibility index (Phi) is 6.57. The Hall–Kier alpha value is -2.26. The average molecular weight is 464 g/mol. The first-order valence-corrected chi connectivity index (χ1v) is 9.78. The fourth-order valence-electron chi connectivity index (χ4n) is 3.65. The predicted octanol–water partition coefficient (Wildman–Crippen LogP) is 5.88. The minimum atomic E-state index is -5.03. The maximum absolute atomic E-state index is 13.2. The summed E-state index contributed by atoms with van der Waals surface area (Å²) >= 11 is 5.86. The lowest BCUT2D eigenvalue weighted by molar-refractivity contribution is -0.143. The molecular weight excluding hydrogens is 446 g/mol. The van der Waals surface area contributed by atoms with Crippen LogP contribution >= 0.6 is 11.6 Å². The summed E-state index contributed by atoms with van der Waals surface area (Å²) in [5.74, 6) is -0.914. The Morgan fingerprint density at radius 1 is 1.00 bits per heavy atom. The maximum atomic E-state index is 13.2. The average Bonchev–Trinajstić information content (AvgIpc) is 2.68. The molecule has 3 nitrogen and oxygen atoms in total. The lowest BCUT2D eigenvalue weighted by Crippen LogP contribution is -2.49. The Morgan fingerprint density at radius 2 is 1.55 bits per heavy atom. The molecule has 2 unspecified atom stereocenters. The zero-order valence-corrected chi connectivity index (χ0v) is 16.8. The van der Waals surface area contributed by atoms with E-state index in [1.165, 1.54) is 4.90 Å². The fraction of sp³-hybridized carbons (Fsp3) is 0.381. The number of piperidine rings is 1. The van der Waals surface area contributed by atoms with E-state index < -0.39 is 47.0 Å². The Bertz CT molecular complexity index is 910. The molecule has 1 aliphatic heterocycles. The van der Waals surface area contributed by atoms with Gasteiger partial charge in [-0.3, -0.25) is 10.5 Å². The molecule has 0 saturated carbocycles. The van der Waals surface area contributed by atoms with Crippen molar-refractivity contribution in [3.8, 4) is 0 Å². The highest BCUT2D eigenvalue weighted by atomic mass is 35.5. The molecule has 1 heterocycles. The normalized spacial score (nSPS) is 20.1. The van der Waals surface area contributed by atoms with E-state index >= 15 is 0 Å². The first kappa shape index (κ1) is 23.4. The van der Waals surface area contributed by atoms with Gasteiger partial charge < -0.3 is 4.90 Å². The highest BCUT2D eigenvalue weighted by Crippen LogP contribution is 2.37. The predicted molar refractivity (Wildman–Crippen MR) is 103 cm³/mol. The lowest BCUT2D eigenvalue weighted by Gasteiger charge is -2.38. The van der Waals surface area contributed by atoms with Crippen molar-refractivity contribution in [2.75, 3.05) is 6.54 Å². The first-order valence-electron chi connectivity index (χ1n) is 9.40. The number of carbonyl (C=O) groups is 1. The van der Waals surface area contributed by atoms with Crippen LogP contribution in [0, 0.1) is 0 Å². The molecule has 1 N–H and O–H groups in total. The van der Waals surface area contributed by atoms with Gasteiger partial charge in [-0.15, -0.1) is 0 Å². The van der Waals surface area contributed by atoms with Crippen molar-refractivity contribution in [1.82, 2.24) is 10.6 Å². The van der Waals surface area contributed by atoms with Crippen molar-refractivity contribution in [3.63, 3.8) is 0 Å². The van der Waals surface area contributed by atoms with Crippen LogP contribution in [0.15, 0.2) is 42.5 Å². The van der Waals surface area contributed by atoms with Crippen LogP contribution in [0.5, 0.6) is 0 Å². The van der Waals surface area contributed by atoms with Crippen LogP contribution in [0.2, 0.25) is 5.02 Å². The van der Waals surface area contributed by atoms with E-state index in [-0.39, 0.29) is 25.5 Å². The maximum Gasteiger partial charge on any atom is 0.416 e. The number of hydrogen-bond donors (Lipinski definition) is 0. The third-order valence-electron chi connectivity index (χ3n) is 5.20. The number of nitrogens with one attached hydrogen (secondary N) is 1. The third-order valence-corrected chi connectivity index (χ3v) is 5.45. The van der Waals surface area contributed by atoms with Crippen LogP contribution in [-0.4, -0.2) is 29.4 Å². The van der Waals surface area contributed by atoms with Gasteiger partial charge >= 0.3 is 12.4 Å². The van der Waals surface area contributed by atoms with E-state index in [4.69, 9.17) is 17.3 Å². The summed E-state index contributed by atoms with van der Waals surface area (Å²) in [7, 11) is 0. The van der Waals surface area contributed by atoms with E-state index in [1.807, 2.05) is 0 Å². The second-order valence-electron chi connectivity index (χ2n) is 7.50. The van der Waals surface area contributed by atoms with Gasteiger partial charge in [0, 0.05) is 29.2 Å². The van der Waals surface area contributed by atoms with E-state index in [1.54, 1.807) is 24.3 Å². The number of hydrogen-bond acceptors (Lipinski definition) is 1. The molecule has 1 saturated heterocycles. The zero-order chi connectivity index (χ0) is 23.0. The summed E-state index contributed by atoms with van der Waals surface area (Å²) in [6.07, 6.45) is -9.21. The largest absolute Gasteiger partial charge is 0.416 e. The van der Waals surface area contributed by atoms with Gasteiger partial charge in [-0.2, -0.15) is 26.3 Å². The molecule has 0 bridgehead atoms. The number of alkyl halides is 6. The molecular formula is C21H18ClF6N2O. The first-order chi connectivity index (χ1) is 14.3. The number of rotatable bonds is 3. The minimum absolute atomic E-state index is 0.00197. The van der Waals surface area contributed by atoms with Gasteiger partial charge in [0.05, 0.1) is 11.1 Å². The molecule has 0 aromatic heterocycles. The summed E-state index contributed by atoms with van der Waals surface area (Å²) in [6, 6.07) is 6.63. The van der Waals surface area contributed by atoms with Crippen molar-refractivity contribution in [2.45, 2.75) is 43.7 Å². The van der Waals surface area contributed by atoms with Crippen LogP contribution < -0.4 is 5.73 Å². The molecule has 10 heteroatoms. The molecule has 1 aliphatic rings. The highest BCUT2D eigenvalue weighted by Gasteiger charge is 2.39. The van der Waals surface area contributed by atoms with Crippen molar-refractivity contribution in [2.24, 2.45) is 0 Å². The zero-order valence-electron chi connectivity index (χ0n) is 16.0.